The van der Waals surface area contributed by atoms with Crippen LogP contribution in [-0.2, 0) is 9.63 Å². The molecular weight excluding hydrogens is 508 g/mol. The maximum Gasteiger partial charge on any atom is 0.437 e. The van der Waals surface area contributed by atoms with Gasteiger partial charge in [0.05, 0.1) is 21.1 Å². The Kier molecular flexibility index (Phi) is 6.39. The zero-order valence-electron chi connectivity index (χ0n) is 13.2. The molecule has 1 amide bonds. The van der Waals surface area contributed by atoms with Crippen molar-refractivity contribution < 1.29 is 14.4 Å². The van der Waals surface area contributed by atoms with Crippen LogP contribution in [0.15, 0.2) is 39.0 Å². The third-order valence-corrected chi connectivity index (χ3v) is 6.95. The third-order valence-electron chi connectivity index (χ3n) is 3.67. The Morgan fingerprint density at radius 2 is 1.83 bits per heavy atom. The monoisotopic (exact) mass is 520 g/mol. The largest absolute Gasteiger partial charge is 0.437 e. The van der Waals surface area contributed by atoms with Crippen LogP contribution >= 0.6 is 47.8 Å². The summed E-state index contributed by atoms with van der Waals surface area (Å²) in [7, 11) is 0. The number of Topliss-reactive ketones (excluding diaryl/α,β-unsaturated/α-hetero) is 1. The predicted molar refractivity (Wildman–Crippen MR) is 105 cm³/mol. The van der Waals surface area contributed by atoms with Gasteiger partial charge in [-0.25, -0.2) is 4.79 Å². The quantitative estimate of drug-likeness (QED) is 0.333. The van der Waals surface area contributed by atoms with Crippen LogP contribution in [0, 0.1) is 6.92 Å². The fourth-order valence-electron chi connectivity index (χ4n) is 2.13. The minimum absolute atomic E-state index is 0.0126. The number of nitrogens with one attached hydrogen (secondary N) is 1. The van der Waals surface area contributed by atoms with Gasteiger partial charge in [-0.15, -0.1) is 0 Å². The fraction of sp³-hybridized carbons (Fsp3) is 0.312. The van der Waals surface area contributed by atoms with E-state index in [9.17, 15) is 9.59 Å². The number of benzene rings is 1. The number of carbonyl (C=O) groups excluding carboxylic acids is 2. The van der Waals surface area contributed by atoms with E-state index in [1.165, 1.54) is 0 Å². The van der Waals surface area contributed by atoms with Crippen LogP contribution in [0.2, 0.25) is 0 Å². The number of allylic oxidation sites excluding steroid dienone is 2. The predicted octanol–water partition coefficient (Wildman–Crippen LogP) is 5.11. The van der Waals surface area contributed by atoms with E-state index >= 15 is 0 Å². The number of nitrogens with zero attached hydrogens (tertiary/aromatic N) is 1. The first-order valence-corrected chi connectivity index (χ1v) is 9.67. The summed E-state index contributed by atoms with van der Waals surface area (Å²) >= 11 is 10.1. The molecule has 24 heavy (non-hydrogen) atoms. The molecule has 0 saturated carbocycles. The van der Waals surface area contributed by atoms with E-state index in [1.54, 1.807) is 19.9 Å². The smallest absolute Gasteiger partial charge is 0.297 e. The standard InChI is InChI=1S/C16H15Br3N2O3/c1-7-4-5-11(10(17)6-7)20-16(23)24-21-14-8(2)9(3)15(22)13(19)12(14)18/h4-6,12-13H,1-3H3,(H,20,23). The SMILES string of the molecule is CC1=C(C)C(=NOC(=O)Nc2ccc(C)cc2Br)C(Br)C(Br)C1=O. The average molecular weight is 523 g/mol. The molecule has 0 aromatic heterocycles. The maximum atomic E-state index is 12.0. The molecule has 2 rings (SSSR count). The Bertz CT molecular complexity index is 759. The van der Waals surface area contributed by atoms with Gasteiger partial charge < -0.3 is 0 Å². The van der Waals surface area contributed by atoms with E-state index in [-0.39, 0.29) is 10.6 Å². The lowest BCUT2D eigenvalue weighted by Gasteiger charge is -2.25. The summed E-state index contributed by atoms with van der Waals surface area (Å²) in [6.45, 7) is 5.45. The van der Waals surface area contributed by atoms with Crippen molar-refractivity contribution in [2.45, 2.75) is 30.4 Å². The highest BCUT2D eigenvalue weighted by Crippen LogP contribution is 2.30. The first kappa shape index (κ1) is 19.3. The molecule has 1 aliphatic rings. The number of hydrogen-bond donors (Lipinski definition) is 1. The highest BCUT2D eigenvalue weighted by atomic mass is 79.9. The highest BCUT2D eigenvalue weighted by Gasteiger charge is 2.36. The molecule has 128 valence electrons. The van der Waals surface area contributed by atoms with Crippen molar-refractivity contribution in [3.8, 4) is 0 Å². The molecule has 2 atom stereocenters. The molecule has 2 unspecified atom stereocenters. The van der Waals surface area contributed by atoms with Gasteiger partial charge in [-0.3, -0.25) is 14.9 Å². The summed E-state index contributed by atoms with van der Waals surface area (Å²) in [5.41, 5.74) is 3.45. The Balaban J connectivity index is 2.14. The molecule has 0 radical (unpaired) electrons. The summed E-state index contributed by atoms with van der Waals surface area (Å²) < 4.78 is 0.751. The van der Waals surface area contributed by atoms with Crippen LogP contribution in [-0.4, -0.2) is 27.2 Å². The zero-order chi connectivity index (χ0) is 18.0. The second-order valence-electron chi connectivity index (χ2n) is 5.38. The molecule has 1 aromatic rings. The van der Waals surface area contributed by atoms with Gasteiger partial charge >= 0.3 is 6.09 Å². The summed E-state index contributed by atoms with van der Waals surface area (Å²) in [5.74, 6) is -0.0126. The lowest BCUT2D eigenvalue weighted by molar-refractivity contribution is -0.114. The van der Waals surface area contributed by atoms with Crippen LogP contribution in [0.4, 0.5) is 10.5 Å². The van der Waals surface area contributed by atoms with Gasteiger partial charge in [0.1, 0.15) is 0 Å². The lowest BCUT2D eigenvalue weighted by atomic mass is 9.91. The maximum absolute atomic E-state index is 12.0. The lowest BCUT2D eigenvalue weighted by Crippen LogP contribution is -2.38. The molecule has 0 aliphatic heterocycles. The molecule has 1 N–H and O–H groups in total. The van der Waals surface area contributed by atoms with Crippen LogP contribution in [0.3, 0.4) is 0 Å². The second kappa shape index (κ2) is 7.93. The number of halogens is 3. The number of rotatable bonds is 2. The molecule has 8 heteroatoms. The molecule has 1 aliphatic carbocycles. The van der Waals surface area contributed by atoms with E-state index < -0.39 is 10.9 Å². The van der Waals surface area contributed by atoms with Crippen molar-refractivity contribution >= 4 is 71.1 Å². The van der Waals surface area contributed by atoms with Crippen LogP contribution in [0.1, 0.15) is 19.4 Å². The number of hydrogen-bond acceptors (Lipinski definition) is 4. The van der Waals surface area contributed by atoms with Gasteiger partial charge in [0, 0.05) is 4.47 Å². The zero-order valence-corrected chi connectivity index (χ0v) is 18.0. The van der Waals surface area contributed by atoms with Crippen molar-refractivity contribution in [2.24, 2.45) is 5.16 Å². The minimum Gasteiger partial charge on any atom is -0.297 e. The summed E-state index contributed by atoms with van der Waals surface area (Å²) in [6, 6.07) is 5.53. The van der Waals surface area contributed by atoms with Crippen molar-refractivity contribution in [1.82, 2.24) is 0 Å². The van der Waals surface area contributed by atoms with Crippen molar-refractivity contribution in [1.29, 1.82) is 0 Å². The Hall–Kier alpha value is -0.990. The summed E-state index contributed by atoms with van der Waals surface area (Å²) in [4.78, 5) is 28.1. The molecule has 0 heterocycles. The average Bonchev–Trinajstić information content (AvgIpc) is 2.53. The fourth-order valence-corrected chi connectivity index (χ4v) is 3.98. The number of carbonyl (C=O) groups is 2. The number of amides is 1. The van der Waals surface area contributed by atoms with E-state index in [2.05, 4.69) is 58.3 Å². The van der Waals surface area contributed by atoms with Gasteiger partial charge in [0.15, 0.2) is 5.78 Å². The number of anilines is 1. The van der Waals surface area contributed by atoms with E-state index in [4.69, 9.17) is 4.84 Å². The van der Waals surface area contributed by atoms with Crippen LogP contribution < -0.4 is 5.32 Å². The Morgan fingerprint density at radius 1 is 1.17 bits per heavy atom. The molecule has 1 aromatic carbocycles. The molecule has 5 nitrogen and oxygen atoms in total. The van der Waals surface area contributed by atoms with Gasteiger partial charge in [-0.05, 0) is 65.5 Å². The highest BCUT2D eigenvalue weighted by molar-refractivity contribution is 9.12. The number of ketones is 1. The van der Waals surface area contributed by atoms with Crippen LogP contribution in [0.5, 0.6) is 0 Å². The topological polar surface area (TPSA) is 67.8 Å². The van der Waals surface area contributed by atoms with Gasteiger partial charge in [-0.1, -0.05) is 43.1 Å². The molecular formula is C16H15Br3N2O3. The normalized spacial score (nSPS) is 22.8. The molecule has 0 fully saturated rings. The second-order valence-corrected chi connectivity index (χ2v) is 8.21. The minimum atomic E-state index is -0.708. The van der Waals surface area contributed by atoms with Crippen molar-refractivity contribution in [3.63, 3.8) is 0 Å². The first-order chi connectivity index (χ1) is 11.2. The first-order valence-electron chi connectivity index (χ1n) is 7.04. The number of alkyl halides is 2. The summed E-state index contributed by atoms with van der Waals surface area (Å²) in [5, 5.41) is 6.54. The van der Waals surface area contributed by atoms with E-state index in [0.717, 1.165) is 10.0 Å². The molecule has 0 spiro atoms. The number of aryl methyl sites for hydroxylation is 1. The van der Waals surface area contributed by atoms with E-state index in [1.807, 2.05) is 19.1 Å². The van der Waals surface area contributed by atoms with Gasteiger partial charge in [-0.2, -0.15) is 0 Å². The number of oxime groups is 1. The van der Waals surface area contributed by atoms with Gasteiger partial charge in [0.25, 0.3) is 0 Å². The van der Waals surface area contributed by atoms with E-state index in [0.29, 0.717) is 22.5 Å². The van der Waals surface area contributed by atoms with Crippen molar-refractivity contribution in [2.75, 3.05) is 5.32 Å². The van der Waals surface area contributed by atoms with Gasteiger partial charge in [0.2, 0.25) is 0 Å². The Morgan fingerprint density at radius 3 is 2.46 bits per heavy atom. The van der Waals surface area contributed by atoms with Crippen molar-refractivity contribution in [3.05, 3.63) is 39.4 Å². The summed E-state index contributed by atoms with van der Waals surface area (Å²) in [6.07, 6.45) is -0.708. The third kappa shape index (κ3) is 4.15. The van der Waals surface area contributed by atoms with Crippen LogP contribution in [0.25, 0.3) is 0 Å². The molecule has 0 bridgehead atoms. The molecule has 0 saturated heterocycles. The Labute approximate surface area is 165 Å².